The average molecular weight is 281 g/mol. The minimum absolute atomic E-state index is 0.351. The molecule has 0 spiro atoms. The smallest absolute Gasteiger partial charge is 0.410 e. The first kappa shape index (κ1) is 16.1. The molecule has 0 saturated heterocycles. The Bertz CT molecular complexity index is 422. The van der Waals surface area contributed by atoms with E-state index in [9.17, 15) is 4.79 Å². The monoisotopic (exact) mass is 281 g/mol. The molecule has 1 aromatic rings. The van der Waals surface area contributed by atoms with Gasteiger partial charge in [0, 0.05) is 7.05 Å². The molecular weight excluding hydrogens is 258 g/mol. The van der Waals surface area contributed by atoms with Crippen molar-refractivity contribution in [2.24, 2.45) is 0 Å². The van der Waals surface area contributed by atoms with Gasteiger partial charge in [-0.3, -0.25) is 0 Å². The molecule has 1 amide bonds. The van der Waals surface area contributed by atoms with Crippen molar-refractivity contribution in [1.29, 1.82) is 0 Å². The highest BCUT2D eigenvalue weighted by atomic mass is 16.6. The second kappa shape index (κ2) is 7.03. The predicted molar refractivity (Wildman–Crippen MR) is 77.4 cm³/mol. The van der Waals surface area contributed by atoms with Gasteiger partial charge in [-0.1, -0.05) is 0 Å². The molecule has 5 heteroatoms. The molecule has 0 fully saturated rings. The van der Waals surface area contributed by atoms with E-state index in [2.05, 4.69) is 0 Å². The molecule has 0 bridgehead atoms. The molecule has 5 nitrogen and oxygen atoms in total. The quantitative estimate of drug-likeness (QED) is 0.832. The van der Waals surface area contributed by atoms with Gasteiger partial charge < -0.3 is 19.1 Å². The van der Waals surface area contributed by atoms with Crippen LogP contribution in [0.15, 0.2) is 24.3 Å². The van der Waals surface area contributed by atoms with Crippen molar-refractivity contribution in [2.75, 3.05) is 27.3 Å². The molecule has 0 atom stereocenters. The Hall–Kier alpha value is -1.91. The summed E-state index contributed by atoms with van der Waals surface area (Å²) in [5, 5.41) is 0. The molecule has 112 valence electrons. The van der Waals surface area contributed by atoms with Crippen LogP contribution in [-0.2, 0) is 4.74 Å². The van der Waals surface area contributed by atoms with Crippen LogP contribution in [0.4, 0.5) is 4.79 Å². The summed E-state index contributed by atoms with van der Waals surface area (Å²) in [5.41, 5.74) is -0.484. The second-order valence-electron chi connectivity index (χ2n) is 5.43. The highest BCUT2D eigenvalue weighted by Gasteiger charge is 2.19. The van der Waals surface area contributed by atoms with Crippen LogP contribution in [0.2, 0.25) is 0 Å². The minimum Gasteiger partial charge on any atom is -0.497 e. The zero-order valence-corrected chi connectivity index (χ0v) is 12.8. The van der Waals surface area contributed by atoms with Gasteiger partial charge in [0.25, 0.3) is 0 Å². The summed E-state index contributed by atoms with van der Waals surface area (Å²) in [4.78, 5) is 13.2. The van der Waals surface area contributed by atoms with E-state index in [1.54, 1.807) is 14.2 Å². The van der Waals surface area contributed by atoms with Crippen LogP contribution in [0.3, 0.4) is 0 Å². The lowest BCUT2D eigenvalue weighted by atomic mass is 10.2. The molecule has 0 N–H and O–H groups in total. The maximum absolute atomic E-state index is 11.7. The van der Waals surface area contributed by atoms with E-state index >= 15 is 0 Å². The zero-order chi connectivity index (χ0) is 15.2. The van der Waals surface area contributed by atoms with Gasteiger partial charge in [0.2, 0.25) is 0 Å². The number of likely N-dealkylation sites (N-methyl/N-ethyl adjacent to an activating group) is 1. The van der Waals surface area contributed by atoms with Gasteiger partial charge in [-0.2, -0.15) is 0 Å². The summed E-state index contributed by atoms with van der Waals surface area (Å²) < 4.78 is 15.9. The second-order valence-corrected chi connectivity index (χ2v) is 5.43. The van der Waals surface area contributed by atoms with Crippen molar-refractivity contribution in [1.82, 2.24) is 4.90 Å². The van der Waals surface area contributed by atoms with E-state index in [1.807, 2.05) is 45.0 Å². The number of hydrogen-bond donors (Lipinski definition) is 0. The number of carbonyl (C=O) groups is 1. The number of hydrogen-bond acceptors (Lipinski definition) is 4. The Morgan fingerprint density at radius 3 is 2.20 bits per heavy atom. The maximum atomic E-state index is 11.7. The molecular formula is C15H23NO4. The van der Waals surface area contributed by atoms with E-state index in [0.29, 0.717) is 13.2 Å². The number of nitrogens with zero attached hydrogens (tertiary/aromatic N) is 1. The molecule has 0 aliphatic carbocycles. The van der Waals surface area contributed by atoms with E-state index in [4.69, 9.17) is 14.2 Å². The van der Waals surface area contributed by atoms with Crippen molar-refractivity contribution in [3.8, 4) is 11.5 Å². The van der Waals surface area contributed by atoms with Gasteiger partial charge in [0.1, 0.15) is 23.7 Å². The van der Waals surface area contributed by atoms with Crippen LogP contribution >= 0.6 is 0 Å². The number of carbonyl (C=O) groups excluding carboxylic acids is 1. The molecule has 20 heavy (non-hydrogen) atoms. The lowest BCUT2D eigenvalue weighted by Crippen LogP contribution is -2.36. The highest BCUT2D eigenvalue weighted by Crippen LogP contribution is 2.17. The summed E-state index contributed by atoms with van der Waals surface area (Å²) >= 11 is 0. The minimum atomic E-state index is -0.484. The first-order valence-electron chi connectivity index (χ1n) is 6.53. The SMILES string of the molecule is COc1ccc(OCCN(C)C(=O)OC(C)(C)C)cc1. The first-order chi connectivity index (χ1) is 9.31. The summed E-state index contributed by atoms with van der Waals surface area (Å²) in [7, 11) is 3.30. The Kier molecular flexibility index (Phi) is 5.67. The number of ether oxygens (including phenoxy) is 3. The number of methoxy groups -OCH3 is 1. The Morgan fingerprint density at radius 2 is 1.70 bits per heavy atom. The topological polar surface area (TPSA) is 48.0 Å². The lowest BCUT2D eigenvalue weighted by molar-refractivity contribution is 0.0278. The largest absolute Gasteiger partial charge is 0.497 e. The summed E-state index contributed by atoms with van der Waals surface area (Å²) in [6.45, 7) is 6.38. The first-order valence-corrected chi connectivity index (χ1v) is 6.53. The van der Waals surface area contributed by atoms with Crippen molar-refractivity contribution in [3.05, 3.63) is 24.3 Å². The fourth-order valence-electron chi connectivity index (χ4n) is 1.40. The summed E-state index contributed by atoms with van der Waals surface area (Å²) in [5.74, 6) is 1.52. The van der Waals surface area contributed by atoms with Crippen LogP contribution in [-0.4, -0.2) is 43.9 Å². The van der Waals surface area contributed by atoms with E-state index < -0.39 is 5.60 Å². The van der Waals surface area contributed by atoms with Crippen molar-refractivity contribution < 1.29 is 19.0 Å². The lowest BCUT2D eigenvalue weighted by Gasteiger charge is -2.24. The standard InChI is InChI=1S/C15H23NO4/c1-15(2,3)20-14(17)16(4)10-11-19-13-8-6-12(18-5)7-9-13/h6-9H,10-11H2,1-5H3. The molecule has 0 saturated carbocycles. The fraction of sp³-hybridized carbons (Fsp3) is 0.533. The third kappa shape index (κ3) is 5.82. The summed E-state index contributed by atoms with van der Waals surface area (Å²) in [6, 6.07) is 7.30. The molecule has 1 aromatic carbocycles. The van der Waals surface area contributed by atoms with Gasteiger partial charge in [-0.15, -0.1) is 0 Å². The average Bonchev–Trinajstić information content (AvgIpc) is 2.37. The molecule has 0 radical (unpaired) electrons. The molecule has 1 rings (SSSR count). The van der Waals surface area contributed by atoms with Crippen LogP contribution in [0, 0.1) is 0 Å². The predicted octanol–water partition coefficient (Wildman–Crippen LogP) is 2.94. The third-order valence-electron chi connectivity index (χ3n) is 2.46. The highest BCUT2D eigenvalue weighted by molar-refractivity contribution is 5.67. The molecule has 0 aromatic heterocycles. The van der Waals surface area contributed by atoms with Gasteiger partial charge in [0.05, 0.1) is 13.7 Å². The van der Waals surface area contributed by atoms with Gasteiger partial charge in [-0.25, -0.2) is 4.79 Å². The molecule has 0 aliphatic heterocycles. The van der Waals surface area contributed by atoms with Crippen molar-refractivity contribution >= 4 is 6.09 Å². The third-order valence-corrected chi connectivity index (χ3v) is 2.46. The number of benzene rings is 1. The fourth-order valence-corrected chi connectivity index (χ4v) is 1.40. The van der Waals surface area contributed by atoms with Gasteiger partial charge in [-0.05, 0) is 45.0 Å². The number of amides is 1. The Labute approximate surface area is 120 Å². The molecule has 0 heterocycles. The Morgan fingerprint density at radius 1 is 1.15 bits per heavy atom. The van der Waals surface area contributed by atoms with E-state index in [0.717, 1.165) is 11.5 Å². The van der Waals surface area contributed by atoms with Gasteiger partial charge in [0.15, 0.2) is 0 Å². The molecule has 0 unspecified atom stereocenters. The van der Waals surface area contributed by atoms with Gasteiger partial charge >= 0.3 is 6.09 Å². The van der Waals surface area contributed by atoms with Crippen LogP contribution in [0.25, 0.3) is 0 Å². The van der Waals surface area contributed by atoms with Crippen LogP contribution in [0.1, 0.15) is 20.8 Å². The van der Waals surface area contributed by atoms with E-state index in [-0.39, 0.29) is 6.09 Å². The van der Waals surface area contributed by atoms with E-state index in [1.165, 1.54) is 4.90 Å². The van der Waals surface area contributed by atoms with Crippen molar-refractivity contribution in [3.63, 3.8) is 0 Å². The summed E-state index contributed by atoms with van der Waals surface area (Å²) in [6.07, 6.45) is -0.351. The van der Waals surface area contributed by atoms with Crippen molar-refractivity contribution in [2.45, 2.75) is 26.4 Å². The zero-order valence-electron chi connectivity index (χ0n) is 12.8. The molecule has 0 aliphatic rings. The van der Waals surface area contributed by atoms with Crippen LogP contribution < -0.4 is 9.47 Å². The number of rotatable bonds is 5. The van der Waals surface area contributed by atoms with Crippen LogP contribution in [0.5, 0.6) is 11.5 Å². The maximum Gasteiger partial charge on any atom is 0.410 e. The Balaban J connectivity index is 2.34. The normalized spacial score (nSPS) is 10.8.